The van der Waals surface area contributed by atoms with E-state index < -0.39 is 0 Å². The minimum atomic E-state index is -0.192. The number of rotatable bonds is 4. The van der Waals surface area contributed by atoms with Gasteiger partial charge in [-0.3, -0.25) is 4.79 Å². The fourth-order valence-corrected chi connectivity index (χ4v) is 2.87. The lowest BCUT2D eigenvalue weighted by atomic mass is 10.1. The van der Waals surface area contributed by atoms with Gasteiger partial charge in [0, 0.05) is 29.0 Å². The standard InChI is InChI=1S/C22H20N2O3/c25-22(16-10-11-20-21(14-16)27-13-5-12-26-20)24-19-9-4-8-18(15-19)23-17-6-2-1-3-7-17/h1-4,6-11,14-15,23H,5,12-13H2,(H,24,25). The molecular weight excluding hydrogens is 340 g/mol. The van der Waals surface area contributed by atoms with E-state index in [2.05, 4.69) is 10.6 Å². The number of hydrogen-bond acceptors (Lipinski definition) is 4. The average Bonchev–Trinajstić information content (AvgIpc) is 2.94. The number of benzene rings is 3. The summed E-state index contributed by atoms with van der Waals surface area (Å²) in [4.78, 5) is 12.6. The van der Waals surface area contributed by atoms with Gasteiger partial charge in [0.25, 0.3) is 5.91 Å². The van der Waals surface area contributed by atoms with Crippen molar-refractivity contribution in [2.75, 3.05) is 23.8 Å². The summed E-state index contributed by atoms with van der Waals surface area (Å²) in [7, 11) is 0. The van der Waals surface area contributed by atoms with Gasteiger partial charge in [-0.2, -0.15) is 0 Å². The van der Waals surface area contributed by atoms with Crippen LogP contribution in [0.25, 0.3) is 0 Å². The molecule has 0 fully saturated rings. The van der Waals surface area contributed by atoms with Crippen LogP contribution in [0.3, 0.4) is 0 Å². The van der Waals surface area contributed by atoms with Gasteiger partial charge in [0.2, 0.25) is 0 Å². The molecule has 0 saturated carbocycles. The first-order chi connectivity index (χ1) is 13.3. The number of fused-ring (bicyclic) bond motifs is 1. The van der Waals surface area contributed by atoms with Crippen LogP contribution in [0.2, 0.25) is 0 Å². The number of carbonyl (C=O) groups excluding carboxylic acids is 1. The normalized spacial score (nSPS) is 12.7. The van der Waals surface area contributed by atoms with E-state index in [1.54, 1.807) is 18.2 Å². The Bertz CT molecular complexity index is 941. The lowest BCUT2D eigenvalue weighted by molar-refractivity contribution is 0.102. The highest BCUT2D eigenvalue weighted by atomic mass is 16.5. The number of hydrogen-bond donors (Lipinski definition) is 2. The van der Waals surface area contributed by atoms with Crippen molar-refractivity contribution in [3.8, 4) is 11.5 Å². The molecule has 0 bridgehead atoms. The fraction of sp³-hybridized carbons (Fsp3) is 0.136. The van der Waals surface area contributed by atoms with Crippen LogP contribution < -0.4 is 20.1 Å². The Morgan fingerprint density at radius 2 is 1.48 bits per heavy atom. The van der Waals surface area contributed by atoms with Crippen molar-refractivity contribution in [1.82, 2.24) is 0 Å². The summed E-state index contributed by atoms with van der Waals surface area (Å²) in [6.07, 6.45) is 0.831. The number of amides is 1. The van der Waals surface area contributed by atoms with Gasteiger partial charge in [-0.25, -0.2) is 0 Å². The lowest BCUT2D eigenvalue weighted by Gasteiger charge is -2.11. The molecule has 5 heteroatoms. The number of para-hydroxylation sites is 1. The van der Waals surface area contributed by atoms with Gasteiger partial charge in [0.1, 0.15) is 0 Å². The van der Waals surface area contributed by atoms with E-state index in [-0.39, 0.29) is 5.91 Å². The predicted molar refractivity (Wildman–Crippen MR) is 106 cm³/mol. The topological polar surface area (TPSA) is 59.6 Å². The molecule has 1 aliphatic heterocycles. The summed E-state index contributed by atoms with van der Waals surface area (Å²) in [5, 5.41) is 6.25. The van der Waals surface area contributed by atoms with Crippen LogP contribution in [-0.4, -0.2) is 19.1 Å². The average molecular weight is 360 g/mol. The first-order valence-corrected chi connectivity index (χ1v) is 8.91. The molecule has 2 N–H and O–H groups in total. The van der Waals surface area contributed by atoms with Gasteiger partial charge in [0.15, 0.2) is 11.5 Å². The summed E-state index contributed by atoms with van der Waals surface area (Å²) in [6, 6.07) is 22.7. The number of anilines is 3. The molecule has 5 nitrogen and oxygen atoms in total. The van der Waals surface area contributed by atoms with E-state index in [9.17, 15) is 4.79 Å². The van der Waals surface area contributed by atoms with Crippen molar-refractivity contribution >= 4 is 23.0 Å². The van der Waals surface area contributed by atoms with Gasteiger partial charge >= 0.3 is 0 Å². The van der Waals surface area contributed by atoms with Crippen LogP contribution in [0.1, 0.15) is 16.8 Å². The van der Waals surface area contributed by atoms with Crippen LogP contribution in [0.4, 0.5) is 17.1 Å². The second-order valence-corrected chi connectivity index (χ2v) is 6.24. The van der Waals surface area contributed by atoms with Crippen molar-refractivity contribution in [3.63, 3.8) is 0 Å². The van der Waals surface area contributed by atoms with Crippen LogP contribution in [0.5, 0.6) is 11.5 Å². The molecule has 0 unspecified atom stereocenters. The molecule has 3 aromatic rings. The van der Waals surface area contributed by atoms with E-state index in [1.807, 2.05) is 54.6 Å². The highest BCUT2D eigenvalue weighted by Gasteiger charge is 2.14. The van der Waals surface area contributed by atoms with Crippen molar-refractivity contribution in [2.24, 2.45) is 0 Å². The minimum absolute atomic E-state index is 0.192. The third-order valence-corrected chi connectivity index (χ3v) is 4.19. The van der Waals surface area contributed by atoms with E-state index in [0.29, 0.717) is 36.0 Å². The Balaban J connectivity index is 1.48. The SMILES string of the molecule is O=C(Nc1cccc(Nc2ccccc2)c1)c1ccc2c(c1)OCCCO2. The maximum atomic E-state index is 12.6. The largest absolute Gasteiger partial charge is 0.490 e. The molecular formula is C22H20N2O3. The lowest BCUT2D eigenvalue weighted by Crippen LogP contribution is -2.12. The second kappa shape index (κ2) is 7.83. The minimum Gasteiger partial charge on any atom is -0.490 e. The quantitative estimate of drug-likeness (QED) is 0.699. The van der Waals surface area contributed by atoms with Gasteiger partial charge in [-0.1, -0.05) is 24.3 Å². The van der Waals surface area contributed by atoms with Crippen LogP contribution in [0, 0.1) is 0 Å². The molecule has 27 heavy (non-hydrogen) atoms. The molecule has 4 rings (SSSR count). The highest BCUT2D eigenvalue weighted by molar-refractivity contribution is 6.04. The maximum Gasteiger partial charge on any atom is 0.255 e. The molecule has 0 aliphatic carbocycles. The van der Waals surface area contributed by atoms with Crippen molar-refractivity contribution in [2.45, 2.75) is 6.42 Å². The first kappa shape index (κ1) is 17.0. The third-order valence-electron chi connectivity index (χ3n) is 4.19. The molecule has 0 saturated heterocycles. The van der Waals surface area contributed by atoms with Crippen molar-refractivity contribution in [1.29, 1.82) is 0 Å². The third kappa shape index (κ3) is 4.20. The van der Waals surface area contributed by atoms with Crippen LogP contribution >= 0.6 is 0 Å². The Morgan fingerprint density at radius 3 is 2.33 bits per heavy atom. The Morgan fingerprint density at radius 1 is 0.741 bits per heavy atom. The molecule has 0 spiro atoms. The summed E-state index contributed by atoms with van der Waals surface area (Å²) in [5.74, 6) is 1.10. The van der Waals surface area contributed by atoms with E-state index in [1.165, 1.54) is 0 Å². The molecule has 0 aromatic heterocycles. The zero-order chi connectivity index (χ0) is 18.5. The number of nitrogens with one attached hydrogen (secondary N) is 2. The van der Waals surface area contributed by atoms with Gasteiger partial charge < -0.3 is 20.1 Å². The van der Waals surface area contributed by atoms with Gasteiger partial charge in [0.05, 0.1) is 13.2 Å². The summed E-state index contributed by atoms with van der Waals surface area (Å²) in [5.41, 5.74) is 3.13. The van der Waals surface area contributed by atoms with Crippen LogP contribution in [-0.2, 0) is 0 Å². The number of ether oxygens (including phenoxy) is 2. The highest BCUT2D eigenvalue weighted by Crippen LogP contribution is 2.30. The molecule has 1 heterocycles. The zero-order valence-electron chi connectivity index (χ0n) is 14.8. The van der Waals surface area contributed by atoms with Gasteiger partial charge in [-0.05, 0) is 48.5 Å². The summed E-state index contributed by atoms with van der Waals surface area (Å²) < 4.78 is 11.3. The molecule has 1 aliphatic rings. The van der Waals surface area contributed by atoms with E-state index in [4.69, 9.17) is 9.47 Å². The summed E-state index contributed by atoms with van der Waals surface area (Å²) in [6.45, 7) is 1.21. The van der Waals surface area contributed by atoms with E-state index >= 15 is 0 Å². The second-order valence-electron chi connectivity index (χ2n) is 6.24. The molecule has 0 radical (unpaired) electrons. The Kier molecular flexibility index (Phi) is 4.92. The van der Waals surface area contributed by atoms with Crippen LogP contribution in [0.15, 0.2) is 72.8 Å². The molecule has 136 valence electrons. The number of carbonyl (C=O) groups is 1. The Labute approximate surface area is 157 Å². The molecule has 1 amide bonds. The maximum absolute atomic E-state index is 12.6. The first-order valence-electron chi connectivity index (χ1n) is 8.91. The molecule has 3 aromatic carbocycles. The zero-order valence-corrected chi connectivity index (χ0v) is 14.8. The van der Waals surface area contributed by atoms with Crippen molar-refractivity contribution in [3.05, 3.63) is 78.4 Å². The van der Waals surface area contributed by atoms with Crippen molar-refractivity contribution < 1.29 is 14.3 Å². The predicted octanol–water partition coefficient (Wildman–Crippen LogP) is 4.84. The smallest absolute Gasteiger partial charge is 0.255 e. The Hall–Kier alpha value is -3.47. The fourth-order valence-electron chi connectivity index (χ4n) is 2.87. The summed E-state index contributed by atoms with van der Waals surface area (Å²) >= 11 is 0. The molecule has 0 atom stereocenters. The monoisotopic (exact) mass is 360 g/mol. The van der Waals surface area contributed by atoms with E-state index in [0.717, 1.165) is 17.8 Å². The van der Waals surface area contributed by atoms with Gasteiger partial charge in [-0.15, -0.1) is 0 Å².